The topological polar surface area (TPSA) is 79.9 Å². The summed E-state index contributed by atoms with van der Waals surface area (Å²) in [6.07, 6.45) is 2.28. The zero-order valence-corrected chi connectivity index (χ0v) is 15.8. The molecule has 2 N–H and O–H groups in total. The maximum absolute atomic E-state index is 12.1. The van der Waals surface area contributed by atoms with E-state index in [-0.39, 0.29) is 12.5 Å². The van der Waals surface area contributed by atoms with Crippen LogP contribution in [0.25, 0.3) is 0 Å². The van der Waals surface area contributed by atoms with Crippen molar-refractivity contribution < 1.29 is 19.1 Å². The number of carbonyl (C=O) groups is 2. The van der Waals surface area contributed by atoms with Gasteiger partial charge in [-0.3, -0.25) is 15.0 Å². The van der Waals surface area contributed by atoms with Gasteiger partial charge in [0.1, 0.15) is 0 Å². The van der Waals surface area contributed by atoms with Crippen molar-refractivity contribution in [3.05, 3.63) is 18.2 Å². The van der Waals surface area contributed by atoms with E-state index in [1.54, 1.807) is 18.2 Å². The minimum absolute atomic E-state index is 0.241. The molecule has 1 aromatic carbocycles. The number of hydrogen-bond donors (Lipinski definition) is 2. The van der Waals surface area contributed by atoms with Crippen LogP contribution in [0, 0.1) is 5.92 Å². The van der Waals surface area contributed by atoms with E-state index in [0.717, 1.165) is 19.5 Å². The minimum Gasteiger partial charge on any atom is -0.490 e. The van der Waals surface area contributed by atoms with Crippen LogP contribution in [0.4, 0.5) is 10.5 Å². The third-order valence-corrected chi connectivity index (χ3v) is 4.16. The number of urea groups is 1. The number of nitrogens with zero attached hydrogens (tertiary/aromatic N) is 1. The predicted molar refractivity (Wildman–Crippen MR) is 101 cm³/mol. The molecule has 1 aliphatic heterocycles. The van der Waals surface area contributed by atoms with Gasteiger partial charge in [-0.2, -0.15) is 0 Å². The lowest BCUT2D eigenvalue weighted by Crippen LogP contribution is -2.44. The molecule has 26 heavy (non-hydrogen) atoms. The molecule has 0 spiro atoms. The summed E-state index contributed by atoms with van der Waals surface area (Å²) in [6, 6.07) is 4.59. The summed E-state index contributed by atoms with van der Waals surface area (Å²) < 4.78 is 11.0. The van der Waals surface area contributed by atoms with Crippen molar-refractivity contribution >= 4 is 17.6 Å². The fourth-order valence-electron chi connectivity index (χ4n) is 3.09. The molecule has 2 rings (SSSR count). The first-order chi connectivity index (χ1) is 12.5. The molecule has 3 amide bonds. The van der Waals surface area contributed by atoms with Gasteiger partial charge in [0.15, 0.2) is 11.5 Å². The number of likely N-dealkylation sites (tertiary alicyclic amines) is 1. The smallest absolute Gasteiger partial charge is 0.325 e. The first-order valence-electron chi connectivity index (χ1n) is 9.24. The van der Waals surface area contributed by atoms with Crippen LogP contribution in [-0.4, -0.2) is 49.7 Å². The Labute approximate surface area is 155 Å². The number of rotatable bonds is 7. The number of piperidine rings is 1. The molecule has 1 aliphatic rings. The highest BCUT2D eigenvalue weighted by molar-refractivity contribution is 6.01. The van der Waals surface area contributed by atoms with E-state index in [4.69, 9.17) is 9.47 Å². The normalized spacial score (nSPS) is 17.4. The summed E-state index contributed by atoms with van der Waals surface area (Å²) in [5.41, 5.74) is 0.536. The number of benzene rings is 1. The number of imide groups is 1. The fraction of sp³-hybridized carbons (Fsp3) is 0.579. The lowest BCUT2D eigenvalue weighted by Gasteiger charge is -2.29. The Morgan fingerprint density at radius 1 is 1.19 bits per heavy atom. The molecule has 1 fully saturated rings. The Bertz CT molecular complexity index is 621. The standard InChI is InChI=1S/C19H29N3O4/c1-4-25-16-9-8-15(11-17(16)26-5-2)20-19(24)21-18(23)13-22-10-6-7-14(3)12-22/h8-9,11,14H,4-7,10,12-13H2,1-3H3,(H2,20,21,23,24)/t14-/m1/s1. The monoisotopic (exact) mass is 363 g/mol. The van der Waals surface area contributed by atoms with Crippen LogP contribution in [0.3, 0.4) is 0 Å². The Kier molecular flexibility index (Phi) is 7.72. The Hall–Kier alpha value is -2.28. The average Bonchev–Trinajstić information content (AvgIpc) is 2.57. The van der Waals surface area contributed by atoms with Gasteiger partial charge >= 0.3 is 6.03 Å². The molecule has 7 heteroatoms. The molecular formula is C19H29N3O4. The van der Waals surface area contributed by atoms with Crippen molar-refractivity contribution in [3.8, 4) is 11.5 Å². The van der Waals surface area contributed by atoms with Crippen LogP contribution in [-0.2, 0) is 4.79 Å². The predicted octanol–water partition coefficient (Wildman–Crippen LogP) is 2.86. The molecule has 7 nitrogen and oxygen atoms in total. The van der Waals surface area contributed by atoms with Gasteiger partial charge in [0.05, 0.1) is 19.8 Å². The van der Waals surface area contributed by atoms with E-state index in [1.165, 1.54) is 6.42 Å². The number of nitrogens with one attached hydrogen (secondary N) is 2. The fourth-order valence-corrected chi connectivity index (χ4v) is 3.09. The van der Waals surface area contributed by atoms with Gasteiger partial charge in [-0.15, -0.1) is 0 Å². The number of ether oxygens (including phenoxy) is 2. The van der Waals surface area contributed by atoms with Gasteiger partial charge in [0, 0.05) is 18.3 Å². The molecular weight excluding hydrogens is 334 g/mol. The Morgan fingerprint density at radius 3 is 2.62 bits per heavy atom. The summed E-state index contributed by atoms with van der Waals surface area (Å²) in [6.45, 7) is 9.00. The van der Waals surface area contributed by atoms with E-state index in [2.05, 4.69) is 22.5 Å². The summed E-state index contributed by atoms with van der Waals surface area (Å²) in [5, 5.41) is 5.04. The van der Waals surface area contributed by atoms with Crippen LogP contribution in [0.1, 0.15) is 33.6 Å². The van der Waals surface area contributed by atoms with Gasteiger partial charge < -0.3 is 14.8 Å². The van der Waals surface area contributed by atoms with Crippen LogP contribution >= 0.6 is 0 Å². The third kappa shape index (κ3) is 6.22. The number of anilines is 1. The largest absolute Gasteiger partial charge is 0.490 e. The van der Waals surface area contributed by atoms with Crippen LogP contribution in [0.2, 0.25) is 0 Å². The van der Waals surface area contributed by atoms with E-state index in [1.807, 2.05) is 13.8 Å². The van der Waals surface area contributed by atoms with Crippen molar-refractivity contribution in [2.75, 3.05) is 38.2 Å². The first-order valence-corrected chi connectivity index (χ1v) is 9.24. The van der Waals surface area contributed by atoms with Crippen molar-refractivity contribution in [1.82, 2.24) is 10.2 Å². The first kappa shape index (κ1) is 20.0. The molecule has 0 saturated carbocycles. The molecule has 1 heterocycles. The molecule has 0 bridgehead atoms. The highest BCUT2D eigenvalue weighted by atomic mass is 16.5. The van der Waals surface area contributed by atoms with E-state index < -0.39 is 6.03 Å². The highest BCUT2D eigenvalue weighted by Gasteiger charge is 2.19. The van der Waals surface area contributed by atoms with Crippen molar-refractivity contribution in [2.24, 2.45) is 5.92 Å². The lowest BCUT2D eigenvalue weighted by atomic mass is 10.0. The number of hydrogen-bond acceptors (Lipinski definition) is 5. The molecule has 144 valence electrons. The molecule has 0 aliphatic carbocycles. The van der Waals surface area contributed by atoms with E-state index >= 15 is 0 Å². The number of carbonyl (C=O) groups excluding carboxylic acids is 2. The maximum atomic E-state index is 12.1. The average molecular weight is 363 g/mol. The molecule has 0 unspecified atom stereocenters. The third-order valence-electron chi connectivity index (χ3n) is 4.16. The zero-order valence-electron chi connectivity index (χ0n) is 15.8. The van der Waals surface area contributed by atoms with Crippen molar-refractivity contribution in [3.63, 3.8) is 0 Å². The summed E-state index contributed by atoms with van der Waals surface area (Å²) >= 11 is 0. The SMILES string of the molecule is CCOc1ccc(NC(=O)NC(=O)CN2CCC[C@@H](C)C2)cc1OCC. The van der Waals surface area contributed by atoms with Crippen LogP contribution in [0.15, 0.2) is 18.2 Å². The molecule has 1 saturated heterocycles. The zero-order chi connectivity index (χ0) is 18.9. The second-order valence-corrected chi connectivity index (χ2v) is 6.51. The quantitative estimate of drug-likeness (QED) is 0.779. The van der Waals surface area contributed by atoms with E-state index in [9.17, 15) is 9.59 Å². The Morgan fingerprint density at radius 2 is 1.92 bits per heavy atom. The van der Waals surface area contributed by atoms with Crippen molar-refractivity contribution in [2.45, 2.75) is 33.6 Å². The Balaban J connectivity index is 1.88. The van der Waals surface area contributed by atoms with Gasteiger partial charge in [0.2, 0.25) is 5.91 Å². The molecule has 0 aromatic heterocycles. The summed E-state index contributed by atoms with van der Waals surface area (Å²) in [4.78, 5) is 26.2. The van der Waals surface area contributed by atoms with Crippen LogP contribution in [0.5, 0.6) is 11.5 Å². The summed E-state index contributed by atoms with van der Waals surface area (Å²) in [7, 11) is 0. The second kappa shape index (κ2) is 10.0. The summed E-state index contributed by atoms with van der Waals surface area (Å²) in [5.74, 6) is 1.47. The maximum Gasteiger partial charge on any atom is 0.325 e. The molecule has 0 radical (unpaired) electrons. The van der Waals surface area contributed by atoms with Gasteiger partial charge in [-0.05, 0) is 51.3 Å². The van der Waals surface area contributed by atoms with Gasteiger partial charge in [-0.25, -0.2) is 4.79 Å². The van der Waals surface area contributed by atoms with E-state index in [0.29, 0.717) is 36.3 Å². The second-order valence-electron chi connectivity index (χ2n) is 6.51. The molecule has 1 aromatic rings. The van der Waals surface area contributed by atoms with Crippen LogP contribution < -0.4 is 20.1 Å². The van der Waals surface area contributed by atoms with Gasteiger partial charge in [-0.1, -0.05) is 6.92 Å². The lowest BCUT2D eigenvalue weighted by molar-refractivity contribution is -0.121. The van der Waals surface area contributed by atoms with Crippen molar-refractivity contribution in [1.29, 1.82) is 0 Å². The van der Waals surface area contributed by atoms with Gasteiger partial charge in [0.25, 0.3) is 0 Å². The highest BCUT2D eigenvalue weighted by Crippen LogP contribution is 2.30. The number of amides is 3. The molecule has 1 atom stereocenters. The minimum atomic E-state index is -0.549.